The van der Waals surface area contributed by atoms with Gasteiger partial charge in [-0.1, -0.05) is 54.1 Å². The zero-order valence-corrected chi connectivity index (χ0v) is 18.2. The van der Waals surface area contributed by atoms with Crippen LogP contribution in [0, 0.1) is 0 Å². The first kappa shape index (κ1) is 21.7. The number of nitrogens with one attached hydrogen (secondary N) is 1. The molecule has 0 aliphatic rings. The number of halogens is 1. The second-order valence-corrected chi connectivity index (χ2v) is 7.37. The number of carbonyl (C=O) groups excluding carboxylic acids is 1. The fourth-order valence-corrected chi connectivity index (χ4v) is 3.40. The molecule has 0 aliphatic heterocycles. The lowest BCUT2D eigenvalue weighted by molar-refractivity contribution is 0.0946. The predicted octanol–water partition coefficient (Wildman–Crippen LogP) is 5.70. The van der Waals surface area contributed by atoms with E-state index in [-0.39, 0.29) is 5.91 Å². The Labute approximate surface area is 183 Å². The molecular formula is C25H27ClN2O2. The van der Waals surface area contributed by atoms with E-state index < -0.39 is 0 Å². The second-order valence-electron chi connectivity index (χ2n) is 6.94. The molecule has 0 spiro atoms. The monoisotopic (exact) mass is 422 g/mol. The van der Waals surface area contributed by atoms with Crippen LogP contribution in [0.15, 0.2) is 72.8 Å². The van der Waals surface area contributed by atoms with Crippen LogP contribution in [0.2, 0.25) is 5.02 Å². The molecule has 1 N–H and O–H groups in total. The summed E-state index contributed by atoms with van der Waals surface area (Å²) in [5, 5.41) is 3.46. The largest absolute Gasteiger partial charge is 0.488 e. The molecule has 0 atom stereocenters. The fraction of sp³-hybridized carbons (Fsp3) is 0.240. The SMILES string of the molecule is CCN(CC)c1ccc(CNC(=O)c2cc(Cl)ccc2OCc2ccccc2)cc1. The number of anilines is 1. The Kier molecular flexibility index (Phi) is 7.75. The lowest BCUT2D eigenvalue weighted by atomic mass is 10.1. The highest BCUT2D eigenvalue weighted by Gasteiger charge is 2.14. The lowest BCUT2D eigenvalue weighted by Gasteiger charge is -2.21. The van der Waals surface area contributed by atoms with E-state index in [0.717, 1.165) is 24.2 Å². The van der Waals surface area contributed by atoms with Gasteiger partial charge in [0.05, 0.1) is 5.56 Å². The molecule has 1 amide bonds. The van der Waals surface area contributed by atoms with Crippen molar-refractivity contribution in [3.63, 3.8) is 0 Å². The molecule has 0 fully saturated rings. The molecule has 156 valence electrons. The van der Waals surface area contributed by atoms with Crippen molar-refractivity contribution in [2.24, 2.45) is 0 Å². The topological polar surface area (TPSA) is 41.6 Å². The minimum absolute atomic E-state index is 0.214. The van der Waals surface area contributed by atoms with Gasteiger partial charge in [0.1, 0.15) is 12.4 Å². The van der Waals surface area contributed by atoms with Crippen LogP contribution in [0.25, 0.3) is 0 Å². The van der Waals surface area contributed by atoms with Crippen LogP contribution < -0.4 is 15.0 Å². The van der Waals surface area contributed by atoms with E-state index >= 15 is 0 Å². The maximum absolute atomic E-state index is 12.8. The Balaban J connectivity index is 1.65. The number of benzene rings is 3. The summed E-state index contributed by atoms with van der Waals surface area (Å²) in [7, 11) is 0. The van der Waals surface area contributed by atoms with Gasteiger partial charge in [-0.15, -0.1) is 0 Å². The van der Waals surface area contributed by atoms with E-state index in [9.17, 15) is 4.79 Å². The summed E-state index contributed by atoms with van der Waals surface area (Å²) < 4.78 is 5.89. The standard InChI is InChI=1S/C25H27ClN2O2/c1-3-28(4-2)22-13-10-19(11-14-22)17-27-25(29)23-16-21(26)12-15-24(23)30-18-20-8-6-5-7-9-20/h5-16H,3-4,17-18H2,1-2H3,(H,27,29). The zero-order chi connectivity index (χ0) is 21.3. The maximum Gasteiger partial charge on any atom is 0.255 e. The Bertz CT molecular complexity index is 955. The molecule has 0 unspecified atom stereocenters. The minimum atomic E-state index is -0.214. The Hall–Kier alpha value is -2.98. The maximum atomic E-state index is 12.8. The van der Waals surface area contributed by atoms with E-state index in [0.29, 0.717) is 29.5 Å². The molecule has 0 saturated carbocycles. The van der Waals surface area contributed by atoms with Crippen molar-refractivity contribution in [2.45, 2.75) is 27.0 Å². The van der Waals surface area contributed by atoms with Crippen LogP contribution in [0.5, 0.6) is 5.75 Å². The first-order valence-electron chi connectivity index (χ1n) is 10.2. The smallest absolute Gasteiger partial charge is 0.255 e. The molecular weight excluding hydrogens is 396 g/mol. The van der Waals surface area contributed by atoms with Gasteiger partial charge in [0.15, 0.2) is 0 Å². The number of nitrogens with zero attached hydrogens (tertiary/aromatic N) is 1. The molecule has 3 aromatic rings. The number of carbonyl (C=O) groups is 1. The van der Waals surface area contributed by atoms with Gasteiger partial charge in [0, 0.05) is 30.3 Å². The average Bonchev–Trinajstić information content (AvgIpc) is 2.79. The van der Waals surface area contributed by atoms with Crippen molar-refractivity contribution in [1.29, 1.82) is 0 Å². The van der Waals surface area contributed by atoms with Crippen LogP contribution >= 0.6 is 11.6 Å². The van der Waals surface area contributed by atoms with Crippen molar-refractivity contribution in [2.75, 3.05) is 18.0 Å². The van der Waals surface area contributed by atoms with Crippen molar-refractivity contribution in [1.82, 2.24) is 5.32 Å². The molecule has 3 aromatic carbocycles. The van der Waals surface area contributed by atoms with Crippen molar-refractivity contribution >= 4 is 23.2 Å². The van der Waals surface area contributed by atoms with E-state index in [4.69, 9.17) is 16.3 Å². The summed E-state index contributed by atoms with van der Waals surface area (Å²) in [6.07, 6.45) is 0. The van der Waals surface area contributed by atoms with Crippen LogP contribution in [0.3, 0.4) is 0 Å². The number of ether oxygens (including phenoxy) is 1. The van der Waals surface area contributed by atoms with Crippen molar-refractivity contribution < 1.29 is 9.53 Å². The van der Waals surface area contributed by atoms with Gasteiger partial charge in [-0.3, -0.25) is 4.79 Å². The third kappa shape index (κ3) is 5.77. The minimum Gasteiger partial charge on any atom is -0.488 e. The van der Waals surface area contributed by atoms with E-state index in [1.54, 1.807) is 18.2 Å². The summed E-state index contributed by atoms with van der Waals surface area (Å²) in [6.45, 7) is 7.03. The van der Waals surface area contributed by atoms with E-state index in [1.165, 1.54) is 5.69 Å². The molecule has 5 heteroatoms. The quantitative estimate of drug-likeness (QED) is 0.481. The van der Waals surface area contributed by atoms with Crippen molar-refractivity contribution in [3.8, 4) is 5.75 Å². The number of rotatable bonds is 9. The van der Waals surface area contributed by atoms with Crippen LogP contribution in [0.4, 0.5) is 5.69 Å². The third-order valence-corrected chi connectivity index (χ3v) is 5.18. The molecule has 0 saturated heterocycles. The van der Waals surface area contributed by atoms with Gasteiger partial charge in [-0.2, -0.15) is 0 Å². The number of hydrogen-bond acceptors (Lipinski definition) is 3. The number of amides is 1. The second kappa shape index (κ2) is 10.7. The molecule has 4 nitrogen and oxygen atoms in total. The summed E-state index contributed by atoms with van der Waals surface area (Å²) in [6, 6.07) is 23.2. The van der Waals surface area contributed by atoms with Gasteiger partial charge in [-0.05, 0) is 55.3 Å². The summed E-state index contributed by atoms with van der Waals surface area (Å²) in [5.41, 5.74) is 3.68. The molecule has 0 radical (unpaired) electrons. The van der Waals surface area contributed by atoms with Crippen LogP contribution in [-0.2, 0) is 13.2 Å². The molecule has 30 heavy (non-hydrogen) atoms. The van der Waals surface area contributed by atoms with Crippen molar-refractivity contribution in [3.05, 3.63) is 94.5 Å². The van der Waals surface area contributed by atoms with Gasteiger partial charge < -0.3 is 15.0 Å². The normalized spacial score (nSPS) is 10.5. The fourth-order valence-electron chi connectivity index (χ4n) is 3.23. The molecule has 0 heterocycles. The van der Waals surface area contributed by atoms with Gasteiger partial charge in [0.25, 0.3) is 5.91 Å². The van der Waals surface area contributed by atoms with Crippen LogP contribution in [-0.4, -0.2) is 19.0 Å². The van der Waals surface area contributed by atoms with Gasteiger partial charge in [0.2, 0.25) is 0 Å². The molecule has 3 rings (SSSR count). The van der Waals surface area contributed by atoms with Gasteiger partial charge in [-0.25, -0.2) is 0 Å². The highest BCUT2D eigenvalue weighted by Crippen LogP contribution is 2.24. The first-order chi connectivity index (χ1) is 14.6. The molecule has 0 aliphatic carbocycles. The van der Waals surface area contributed by atoms with Crippen LogP contribution in [0.1, 0.15) is 35.3 Å². The summed E-state index contributed by atoms with van der Waals surface area (Å²) >= 11 is 6.13. The Morgan fingerprint density at radius 3 is 2.30 bits per heavy atom. The first-order valence-corrected chi connectivity index (χ1v) is 10.6. The van der Waals surface area contributed by atoms with E-state index in [2.05, 4.69) is 36.2 Å². The van der Waals surface area contributed by atoms with E-state index in [1.807, 2.05) is 42.5 Å². The summed E-state index contributed by atoms with van der Waals surface area (Å²) in [4.78, 5) is 15.1. The predicted molar refractivity (Wildman–Crippen MR) is 123 cm³/mol. The highest BCUT2D eigenvalue weighted by atomic mass is 35.5. The molecule has 0 bridgehead atoms. The van der Waals surface area contributed by atoms with Gasteiger partial charge >= 0.3 is 0 Å². The average molecular weight is 423 g/mol. The Morgan fingerprint density at radius 2 is 1.63 bits per heavy atom. The summed E-state index contributed by atoms with van der Waals surface area (Å²) in [5.74, 6) is 0.297. The third-order valence-electron chi connectivity index (χ3n) is 4.94. The lowest BCUT2D eigenvalue weighted by Crippen LogP contribution is -2.24. The molecule has 0 aromatic heterocycles. The zero-order valence-electron chi connectivity index (χ0n) is 17.4. The highest BCUT2D eigenvalue weighted by molar-refractivity contribution is 6.31. The Morgan fingerprint density at radius 1 is 0.933 bits per heavy atom. The number of hydrogen-bond donors (Lipinski definition) is 1.